The van der Waals surface area contributed by atoms with Gasteiger partial charge in [-0.2, -0.15) is 0 Å². The lowest BCUT2D eigenvalue weighted by molar-refractivity contribution is -0.147. The quantitative estimate of drug-likeness (QED) is 0.0491. The van der Waals surface area contributed by atoms with E-state index >= 15 is 0 Å². The number of nitrogens with two attached hydrogens (primary N) is 4. The highest BCUT2D eigenvalue weighted by molar-refractivity contribution is 5.94. The molecule has 0 aliphatic rings. The summed E-state index contributed by atoms with van der Waals surface area (Å²) in [6, 6.07) is 3.56. The zero-order valence-electron chi connectivity index (χ0n) is 22.3. The molecular formula is C25H40N8O7. The number of nitrogens with zero attached hydrogens (tertiary/aromatic N) is 1. The zero-order chi connectivity index (χ0) is 30.1. The Kier molecular flexibility index (Phi) is 15.3. The lowest BCUT2D eigenvalue weighted by atomic mass is 10.0. The molecule has 4 unspecified atom stereocenters. The Hall–Kier alpha value is -4.24. The van der Waals surface area contributed by atoms with Crippen molar-refractivity contribution in [3.8, 4) is 0 Å². The first-order valence-corrected chi connectivity index (χ1v) is 12.8. The summed E-state index contributed by atoms with van der Waals surface area (Å²) in [6.45, 7) is 0.623. The molecule has 15 heteroatoms. The second-order valence-corrected chi connectivity index (χ2v) is 9.15. The highest BCUT2D eigenvalue weighted by Crippen LogP contribution is 2.08. The molecule has 222 valence electrons. The summed E-state index contributed by atoms with van der Waals surface area (Å²) < 4.78 is 0. The number of hydrogen-bond acceptors (Lipinski definition) is 8. The highest BCUT2D eigenvalue weighted by Gasteiger charge is 2.31. The Morgan fingerprint density at radius 3 is 1.98 bits per heavy atom. The molecule has 40 heavy (non-hydrogen) atoms. The number of carboxylic acids is 2. The smallest absolute Gasteiger partial charge is 0.326 e. The van der Waals surface area contributed by atoms with E-state index in [1.807, 2.05) is 0 Å². The molecule has 3 amide bonds. The van der Waals surface area contributed by atoms with Crippen LogP contribution in [0.5, 0.6) is 0 Å². The van der Waals surface area contributed by atoms with Crippen LogP contribution in [0.3, 0.4) is 0 Å². The Balaban J connectivity index is 3.13. The van der Waals surface area contributed by atoms with Crippen LogP contribution in [0.1, 0.15) is 44.1 Å². The maximum absolute atomic E-state index is 13.3. The first kappa shape index (κ1) is 33.8. The standard InChI is InChI=1S/C25H40N8O7/c26-11-5-4-9-16(27)21(36)31-17(10-6-12-30-25(28)29)22(37)32-18(13-15-7-2-1-3-8-15)23(38)33-19(24(39)40)14-20(34)35/h1-3,7-8,16-19H,4-6,9-14,26-27H2,(H,31,36)(H,32,37)(H,33,38)(H,34,35)(H,39,40)(H4,28,29,30). The molecule has 4 atom stereocenters. The topological polar surface area (TPSA) is 278 Å². The van der Waals surface area contributed by atoms with Gasteiger partial charge in [-0.3, -0.25) is 24.2 Å². The summed E-state index contributed by atoms with van der Waals surface area (Å²) in [5.74, 6) is -5.32. The minimum Gasteiger partial charge on any atom is -0.481 e. The maximum atomic E-state index is 13.3. The minimum absolute atomic E-state index is 0.0366. The van der Waals surface area contributed by atoms with Crippen LogP contribution >= 0.6 is 0 Å². The molecule has 1 aromatic carbocycles. The third-order valence-corrected chi connectivity index (χ3v) is 5.79. The number of carbonyl (C=O) groups excluding carboxylic acids is 3. The van der Waals surface area contributed by atoms with Gasteiger partial charge >= 0.3 is 11.9 Å². The van der Waals surface area contributed by atoms with Gasteiger partial charge in [0.15, 0.2) is 5.96 Å². The molecule has 0 fully saturated rings. The fourth-order valence-electron chi connectivity index (χ4n) is 3.67. The summed E-state index contributed by atoms with van der Waals surface area (Å²) in [7, 11) is 0. The summed E-state index contributed by atoms with van der Waals surface area (Å²) in [6.07, 6.45) is 1.15. The third kappa shape index (κ3) is 13.5. The van der Waals surface area contributed by atoms with E-state index in [2.05, 4.69) is 20.9 Å². The van der Waals surface area contributed by atoms with Crippen LogP contribution in [-0.2, 0) is 30.4 Å². The molecule has 0 aromatic heterocycles. The van der Waals surface area contributed by atoms with Gasteiger partial charge < -0.3 is 49.1 Å². The molecule has 15 nitrogen and oxygen atoms in total. The Morgan fingerprint density at radius 1 is 0.800 bits per heavy atom. The van der Waals surface area contributed by atoms with Gasteiger partial charge in [-0.25, -0.2) is 4.79 Å². The summed E-state index contributed by atoms with van der Waals surface area (Å²) in [4.78, 5) is 65.5. The van der Waals surface area contributed by atoms with Gasteiger partial charge in [0.1, 0.15) is 18.1 Å². The Labute approximate surface area is 232 Å². The van der Waals surface area contributed by atoms with Crippen LogP contribution in [0.4, 0.5) is 0 Å². The van der Waals surface area contributed by atoms with E-state index in [1.165, 1.54) is 0 Å². The predicted molar refractivity (Wildman–Crippen MR) is 147 cm³/mol. The number of unbranched alkanes of at least 4 members (excludes halogenated alkanes) is 1. The predicted octanol–water partition coefficient (Wildman–Crippen LogP) is -2.25. The van der Waals surface area contributed by atoms with Crippen molar-refractivity contribution in [1.29, 1.82) is 0 Å². The Morgan fingerprint density at radius 2 is 1.40 bits per heavy atom. The molecule has 0 radical (unpaired) electrons. The van der Waals surface area contributed by atoms with Gasteiger partial charge in [0.25, 0.3) is 0 Å². The Bertz CT molecular complexity index is 1020. The van der Waals surface area contributed by atoms with Crippen molar-refractivity contribution in [2.24, 2.45) is 27.9 Å². The summed E-state index contributed by atoms with van der Waals surface area (Å²) >= 11 is 0. The average molecular weight is 565 g/mol. The normalized spacial score (nSPS) is 13.7. The van der Waals surface area contributed by atoms with Crippen molar-refractivity contribution in [2.45, 2.75) is 69.1 Å². The number of amides is 3. The lowest BCUT2D eigenvalue weighted by Crippen LogP contribution is -2.57. The molecule has 0 aliphatic heterocycles. The van der Waals surface area contributed by atoms with Crippen LogP contribution in [0.2, 0.25) is 0 Å². The highest BCUT2D eigenvalue weighted by atomic mass is 16.4. The van der Waals surface area contributed by atoms with Gasteiger partial charge in [-0.15, -0.1) is 0 Å². The second-order valence-electron chi connectivity index (χ2n) is 9.15. The molecule has 13 N–H and O–H groups in total. The molecule has 0 spiro atoms. The number of carbonyl (C=O) groups is 5. The maximum Gasteiger partial charge on any atom is 0.326 e. The fraction of sp³-hybridized carbons (Fsp3) is 0.520. The number of aliphatic imine (C=N–C) groups is 1. The minimum atomic E-state index is -1.72. The molecular weight excluding hydrogens is 524 g/mol. The molecule has 0 heterocycles. The number of benzene rings is 1. The van der Waals surface area contributed by atoms with E-state index in [1.54, 1.807) is 30.3 Å². The molecule has 1 aromatic rings. The van der Waals surface area contributed by atoms with Crippen molar-refractivity contribution in [3.05, 3.63) is 35.9 Å². The molecule has 1 rings (SSSR count). The molecule has 0 aliphatic carbocycles. The fourth-order valence-corrected chi connectivity index (χ4v) is 3.67. The first-order valence-electron chi connectivity index (χ1n) is 12.8. The van der Waals surface area contributed by atoms with Crippen molar-refractivity contribution in [1.82, 2.24) is 16.0 Å². The van der Waals surface area contributed by atoms with Crippen LogP contribution in [0, 0.1) is 0 Å². The lowest BCUT2D eigenvalue weighted by Gasteiger charge is -2.25. The number of guanidine groups is 1. The van der Waals surface area contributed by atoms with Crippen LogP contribution in [-0.4, -0.2) is 83.1 Å². The zero-order valence-corrected chi connectivity index (χ0v) is 22.3. The van der Waals surface area contributed by atoms with E-state index in [0.717, 1.165) is 0 Å². The van der Waals surface area contributed by atoms with Gasteiger partial charge in [0, 0.05) is 13.0 Å². The number of nitrogens with one attached hydrogen (secondary N) is 3. The van der Waals surface area contributed by atoms with Crippen LogP contribution in [0.15, 0.2) is 35.3 Å². The van der Waals surface area contributed by atoms with Crippen LogP contribution < -0.4 is 38.9 Å². The van der Waals surface area contributed by atoms with Crippen LogP contribution in [0.25, 0.3) is 0 Å². The van der Waals surface area contributed by atoms with Gasteiger partial charge in [0.05, 0.1) is 12.5 Å². The molecule has 0 saturated heterocycles. The van der Waals surface area contributed by atoms with Gasteiger partial charge in [0.2, 0.25) is 17.7 Å². The van der Waals surface area contributed by atoms with Gasteiger partial charge in [-0.05, 0) is 37.8 Å². The largest absolute Gasteiger partial charge is 0.481 e. The summed E-state index contributed by atoms with van der Waals surface area (Å²) in [5.41, 5.74) is 22.8. The van der Waals surface area contributed by atoms with E-state index in [0.29, 0.717) is 37.8 Å². The first-order chi connectivity index (χ1) is 18.9. The van der Waals surface area contributed by atoms with E-state index in [4.69, 9.17) is 28.0 Å². The summed E-state index contributed by atoms with van der Waals surface area (Å²) in [5, 5.41) is 25.7. The third-order valence-electron chi connectivity index (χ3n) is 5.79. The number of rotatable bonds is 19. The van der Waals surface area contributed by atoms with Crippen molar-refractivity contribution in [2.75, 3.05) is 13.1 Å². The van der Waals surface area contributed by atoms with Crippen molar-refractivity contribution >= 4 is 35.6 Å². The second kappa shape index (κ2) is 18.1. The number of hydrogen-bond donors (Lipinski definition) is 9. The monoisotopic (exact) mass is 564 g/mol. The molecule has 0 saturated carbocycles. The van der Waals surface area contributed by atoms with E-state index in [-0.39, 0.29) is 25.3 Å². The SMILES string of the molecule is NCCCCC(N)C(=O)NC(CCCN=C(N)N)C(=O)NC(Cc1ccccc1)C(=O)NC(CC(=O)O)C(=O)O. The van der Waals surface area contributed by atoms with Crippen molar-refractivity contribution < 1.29 is 34.2 Å². The van der Waals surface area contributed by atoms with Crippen molar-refractivity contribution in [3.63, 3.8) is 0 Å². The number of aliphatic carboxylic acids is 2. The molecule has 0 bridgehead atoms. The van der Waals surface area contributed by atoms with E-state index < -0.39 is 60.2 Å². The number of carboxylic acid groups (broad SMARTS) is 2. The average Bonchev–Trinajstić information content (AvgIpc) is 2.89. The van der Waals surface area contributed by atoms with Gasteiger partial charge in [-0.1, -0.05) is 36.8 Å². The van der Waals surface area contributed by atoms with E-state index in [9.17, 15) is 29.1 Å².